The highest BCUT2D eigenvalue weighted by Gasteiger charge is 2.42. The number of anilines is 2. The van der Waals surface area contributed by atoms with Gasteiger partial charge in [0.05, 0.1) is 31.1 Å². The smallest absolute Gasteiger partial charge is 0.426 e. The van der Waals surface area contributed by atoms with Gasteiger partial charge in [-0.3, -0.25) is 9.63 Å². The average molecular weight is 688 g/mol. The number of amides is 6. The van der Waals surface area contributed by atoms with E-state index >= 15 is 0 Å². The van der Waals surface area contributed by atoms with E-state index in [1.165, 1.54) is 21.9 Å². The van der Waals surface area contributed by atoms with Crippen LogP contribution in [0.1, 0.15) is 72.0 Å². The van der Waals surface area contributed by atoms with E-state index in [2.05, 4.69) is 16.7 Å². The quantitative estimate of drug-likeness (QED) is 0.260. The Kier molecular flexibility index (Phi) is 10.1. The molecule has 1 fully saturated rings. The largest absolute Gasteiger partial charge is 0.443 e. The first-order chi connectivity index (χ1) is 22.2. The predicted molar refractivity (Wildman–Crippen MR) is 175 cm³/mol. The second kappa shape index (κ2) is 13.4. The second-order valence-corrected chi connectivity index (χ2v) is 14.9. The molecule has 0 saturated carbocycles. The van der Waals surface area contributed by atoms with Crippen molar-refractivity contribution in [2.75, 3.05) is 29.5 Å². The molecule has 16 nitrogen and oxygen atoms in total. The molecule has 4 heterocycles. The van der Waals surface area contributed by atoms with Gasteiger partial charge in [-0.25, -0.2) is 28.8 Å². The summed E-state index contributed by atoms with van der Waals surface area (Å²) >= 11 is 0.664. The van der Waals surface area contributed by atoms with Crippen molar-refractivity contribution >= 4 is 58.2 Å². The van der Waals surface area contributed by atoms with Gasteiger partial charge >= 0.3 is 24.3 Å². The average Bonchev–Trinajstić information content (AvgIpc) is 3.65. The number of hydroxylamine groups is 2. The normalized spacial score (nSPS) is 16.3. The number of fused-ring (bicyclic) bond motifs is 2. The van der Waals surface area contributed by atoms with Gasteiger partial charge in [0.15, 0.2) is 5.82 Å². The summed E-state index contributed by atoms with van der Waals surface area (Å²) in [6.07, 6.45) is 2.87. The molecule has 260 valence electrons. The van der Waals surface area contributed by atoms with Crippen LogP contribution in [0.3, 0.4) is 0 Å². The lowest BCUT2D eigenvalue weighted by molar-refractivity contribution is -0.107. The maximum Gasteiger partial charge on any atom is 0.426 e. The Hall–Kier alpha value is -4.77. The minimum atomic E-state index is -1.06. The van der Waals surface area contributed by atoms with Crippen molar-refractivity contribution < 1.29 is 43.0 Å². The molecule has 4 rings (SSSR count). The molecular formula is C31H41N7O9S. The first kappa shape index (κ1) is 36.1. The van der Waals surface area contributed by atoms with E-state index in [0.717, 1.165) is 11.1 Å². The zero-order valence-corrected chi connectivity index (χ0v) is 29.3. The Morgan fingerprint density at radius 3 is 2.06 bits per heavy atom. The SMILES string of the molecule is C=CCON1C(=O)N2CC(n3ccc(N(C(=O)OC(C)(C)C)C(=O)c4cnc(N(C(=O)OC(C)(C)C)C(=O)OC(C)(C)C)s4)n3)=CC1C2. The third kappa shape index (κ3) is 8.57. The molecule has 2 aromatic heterocycles. The summed E-state index contributed by atoms with van der Waals surface area (Å²) in [5.41, 5.74) is -2.30. The first-order valence-corrected chi connectivity index (χ1v) is 15.9. The van der Waals surface area contributed by atoms with Crippen LogP contribution in [0.2, 0.25) is 0 Å². The molecule has 0 radical (unpaired) electrons. The molecule has 17 heteroatoms. The van der Waals surface area contributed by atoms with Gasteiger partial charge in [0, 0.05) is 18.8 Å². The number of carbonyl (C=O) groups is 5. The number of hydrogen-bond donors (Lipinski definition) is 0. The van der Waals surface area contributed by atoms with Crippen molar-refractivity contribution in [1.29, 1.82) is 0 Å². The summed E-state index contributed by atoms with van der Waals surface area (Å²) in [4.78, 5) is 78.9. The molecule has 2 bridgehead atoms. The van der Waals surface area contributed by atoms with Gasteiger partial charge in [-0.1, -0.05) is 17.4 Å². The predicted octanol–water partition coefficient (Wildman–Crippen LogP) is 5.68. The number of aromatic nitrogens is 3. The van der Waals surface area contributed by atoms with Crippen LogP contribution in [0.5, 0.6) is 0 Å². The van der Waals surface area contributed by atoms with Gasteiger partial charge in [0.1, 0.15) is 21.7 Å². The monoisotopic (exact) mass is 687 g/mol. The second-order valence-electron chi connectivity index (χ2n) is 13.8. The summed E-state index contributed by atoms with van der Waals surface area (Å²) in [5.74, 6) is -0.965. The number of thiazole rings is 1. The van der Waals surface area contributed by atoms with Crippen molar-refractivity contribution in [2.24, 2.45) is 0 Å². The summed E-state index contributed by atoms with van der Waals surface area (Å²) in [7, 11) is 0. The van der Waals surface area contributed by atoms with Gasteiger partial charge in [0.25, 0.3) is 5.91 Å². The van der Waals surface area contributed by atoms with E-state index in [0.29, 0.717) is 28.5 Å². The Morgan fingerprint density at radius 2 is 1.52 bits per heavy atom. The van der Waals surface area contributed by atoms with Gasteiger partial charge < -0.3 is 19.1 Å². The van der Waals surface area contributed by atoms with Gasteiger partial charge in [-0.05, 0) is 68.4 Å². The number of carbonyl (C=O) groups excluding carboxylic acids is 5. The zero-order chi connectivity index (χ0) is 35.8. The van der Waals surface area contributed by atoms with E-state index in [-0.39, 0.29) is 41.1 Å². The number of nitrogens with zero attached hydrogens (tertiary/aromatic N) is 7. The van der Waals surface area contributed by atoms with E-state index in [4.69, 9.17) is 19.0 Å². The maximum absolute atomic E-state index is 14.0. The van der Waals surface area contributed by atoms with Crippen molar-refractivity contribution in [3.05, 3.63) is 42.1 Å². The molecule has 1 unspecified atom stereocenters. The molecule has 0 aliphatic carbocycles. The van der Waals surface area contributed by atoms with Crippen LogP contribution in [0.15, 0.2) is 37.2 Å². The van der Waals surface area contributed by atoms with Crippen LogP contribution in [-0.2, 0) is 19.0 Å². The third-order valence-electron chi connectivity index (χ3n) is 6.16. The summed E-state index contributed by atoms with van der Waals surface area (Å²) in [6.45, 7) is 19.1. The molecule has 0 aromatic carbocycles. The lowest BCUT2D eigenvalue weighted by Gasteiger charge is -2.27. The molecule has 2 aliphatic heterocycles. The first-order valence-electron chi connectivity index (χ1n) is 15.1. The Morgan fingerprint density at radius 1 is 0.958 bits per heavy atom. The van der Waals surface area contributed by atoms with Crippen LogP contribution in [0.4, 0.5) is 30.1 Å². The number of urea groups is 1. The van der Waals surface area contributed by atoms with Gasteiger partial charge in [-0.2, -0.15) is 14.9 Å². The number of imide groups is 2. The number of hydrogen-bond acceptors (Lipinski definition) is 12. The Bertz CT molecular complexity index is 1600. The van der Waals surface area contributed by atoms with Gasteiger partial charge in [-0.15, -0.1) is 11.7 Å². The van der Waals surface area contributed by atoms with Crippen LogP contribution < -0.4 is 9.80 Å². The van der Waals surface area contributed by atoms with Crippen molar-refractivity contribution in [3.8, 4) is 0 Å². The van der Waals surface area contributed by atoms with Crippen LogP contribution in [-0.4, -0.2) is 97.5 Å². The fourth-order valence-electron chi connectivity index (χ4n) is 4.42. The van der Waals surface area contributed by atoms with Crippen molar-refractivity contribution in [1.82, 2.24) is 24.7 Å². The van der Waals surface area contributed by atoms with E-state index in [9.17, 15) is 24.0 Å². The van der Waals surface area contributed by atoms with E-state index in [1.807, 2.05) is 6.08 Å². The molecule has 48 heavy (non-hydrogen) atoms. The standard InChI is InChI=1S/C31H41N7O9S/c1-11-14-44-38-20-15-19(17-34(18-20)25(38)40)35-13-12-22(33-35)36(26(41)45-29(2,3)4)23(39)21-16-32-24(48-21)37(27(42)46-30(5,6)7)28(43)47-31(8,9)10/h11-13,15-16,20H,1,14,17-18H2,2-10H3. The molecule has 0 N–H and O–H groups in total. The summed E-state index contributed by atoms with van der Waals surface area (Å²) in [6, 6.07) is 0.752. The lowest BCUT2D eigenvalue weighted by atomic mass is 10.2. The summed E-state index contributed by atoms with van der Waals surface area (Å²) in [5, 5.41) is 5.54. The van der Waals surface area contributed by atoms with Crippen molar-refractivity contribution in [3.63, 3.8) is 0 Å². The molecule has 0 spiro atoms. The molecule has 6 amide bonds. The van der Waals surface area contributed by atoms with Gasteiger partial charge in [0.2, 0.25) is 5.13 Å². The molecule has 1 atom stereocenters. The third-order valence-corrected chi connectivity index (χ3v) is 7.13. The molecular weight excluding hydrogens is 646 g/mol. The van der Waals surface area contributed by atoms with Crippen LogP contribution in [0, 0.1) is 0 Å². The fraction of sp³-hybridized carbons (Fsp3) is 0.516. The highest BCUT2D eigenvalue weighted by Crippen LogP contribution is 2.31. The van der Waals surface area contributed by atoms with Crippen LogP contribution >= 0.6 is 11.3 Å². The molecule has 1 saturated heterocycles. The minimum absolute atomic E-state index is 0.0831. The van der Waals surface area contributed by atoms with Crippen LogP contribution in [0.25, 0.3) is 5.70 Å². The number of ether oxygens (including phenoxy) is 3. The highest BCUT2D eigenvalue weighted by atomic mass is 32.1. The summed E-state index contributed by atoms with van der Waals surface area (Å²) < 4.78 is 17.8. The van der Waals surface area contributed by atoms with E-state index < -0.39 is 41.0 Å². The topological polar surface area (TPSA) is 166 Å². The highest BCUT2D eigenvalue weighted by molar-refractivity contribution is 7.18. The minimum Gasteiger partial charge on any atom is -0.443 e. The number of rotatable bonds is 7. The van der Waals surface area contributed by atoms with E-state index in [1.54, 1.807) is 73.4 Å². The molecule has 2 aromatic rings. The lowest BCUT2D eigenvalue weighted by Crippen LogP contribution is -2.43. The Balaban J connectivity index is 1.67. The fourth-order valence-corrected chi connectivity index (χ4v) is 5.25. The van der Waals surface area contributed by atoms with Crippen molar-refractivity contribution in [2.45, 2.75) is 85.2 Å². The maximum atomic E-state index is 14.0. The molecule has 2 aliphatic rings. The Labute approximate surface area is 282 Å². The zero-order valence-electron chi connectivity index (χ0n) is 28.5.